The second-order valence-electron chi connectivity index (χ2n) is 4.57. The normalized spacial score (nSPS) is 10.7. The number of ether oxygens (including phenoxy) is 2. The summed E-state index contributed by atoms with van der Waals surface area (Å²) in [6, 6.07) is 7.68. The van der Waals surface area contributed by atoms with Gasteiger partial charge in [-0.15, -0.1) is 0 Å². The molecule has 114 valence electrons. The number of rotatable bonds is 7. The van der Waals surface area contributed by atoms with E-state index < -0.39 is 0 Å². The zero-order chi connectivity index (χ0) is 15.2. The van der Waals surface area contributed by atoms with Gasteiger partial charge in [-0.3, -0.25) is 4.68 Å². The van der Waals surface area contributed by atoms with Gasteiger partial charge in [0.25, 0.3) is 0 Å². The van der Waals surface area contributed by atoms with Crippen LogP contribution in [0, 0.1) is 0 Å². The van der Waals surface area contributed by atoms with Crippen molar-refractivity contribution in [2.24, 2.45) is 0 Å². The Hall–Kier alpha value is -1.49. The molecular weight excluding hydrogens is 332 g/mol. The highest BCUT2D eigenvalue weighted by molar-refractivity contribution is 9.10. The largest absolute Gasteiger partial charge is 0.494 e. The lowest BCUT2D eigenvalue weighted by Gasteiger charge is -2.09. The van der Waals surface area contributed by atoms with Gasteiger partial charge in [-0.25, -0.2) is 0 Å². The molecular formula is C16H21BrN2O2. The summed E-state index contributed by atoms with van der Waals surface area (Å²) >= 11 is 3.63. The van der Waals surface area contributed by atoms with E-state index in [2.05, 4.69) is 34.9 Å². The Bertz CT molecular complexity index is 579. The van der Waals surface area contributed by atoms with Gasteiger partial charge in [0.05, 0.1) is 22.5 Å². The van der Waals surface area contributed by atoms with Crippen LogP contribution in [0.3, 0.4) is 0 Å². The Kier molecular flexibility index (Phi) is 5.67. The van der Waals surface area contributed by atoms with Crippen molar-refractivity contribution < 1.29 is 9.47 Å². The van der Waals surface area contributed by atoms with Crippen LogP contribution in [0.2, 0.25) is 0 Å². The summed E-state index contributed by atoms with van der Waals surface area (Å²) in [6.07, 6.45) is 0.906. The molecule has 4 nitrogen and oxygen atoms in total. The molecule has 0 N–H and O–H groups in total. The van der Waals surface area contributed by atoms with Gasteiger partial charge in [-0.05, 0) is 60.5 Å². The monoisotopic (exact) mass is 352 g/mol. The first-order valence-corrected chi connectivity index (χ1v) is 8.08. The van der Waals surface area contributed by atoms with Crippen LogP contribution in [-0.2, 0) is 19.6 Å². The second kappa shape index (κ2) is 7.50. The van der Waals surface area contributed by atoms with Crippen LogP contribution >= 0.6 is 15.9 Å². The van der Waals surface area contributed by atoms with E-state index in [1.54, 1.807) is 0 Å². The maximum Gasteiger partial charge on any atom is 0.131 e. The van der Waals surface area contributed by atoms with E-state index in [0.717, 1.165) is 40.3 Å². The van der Waals surface area contributed by atoms with Crippen molar-refractivity contribution in [3.63, 3.8) is 0 Å². The average Bonchev–Trinajstić information content (AvgIpc) is 2.82. The lowest BCUT2D eigenvalue weighted by Crippen LogP contribution is -2.06. The fourth-order valence-corrected chi connectivity index (χ4v) is 2.78. The zero-order valence-electron chi connectivity index (χ0n) is 12.7. The molecule has 0 bridgehead atoms. The Balaban J connectivity index is 2.07. The molecule has 0 saturated heterocycles. The van der Waals surface area contributed by atoms with Crippen molar-refractivity contribution in [1.29, 1.82) is 0 Å². The number of benzene rings is 1. The summed E-state index contributed by atoms with van der Waals surface area (Å²) in [7, 11) is 0. The van der Waals surface area contributed by atoms with Gasteiger partial charge in [0.2, 0.25) is 0 Å². The van der Waals surface area contributed by atoms with E-state index in [-0.39, 0.29) is 0 Å². The summed E-state index contributed by atoms with van der Waals surface area (Å²) in [4.78, 5) is 0. The molecule has 0 aliphatic carbocycles. The molecule has 1 aromatic heterocycles. The molecule has 0 aliphatic rings. The Labute approximate surface area is 134 Å². The smallest absolute Gasteiger partial charge is 0.131 e. The van der Waals surface area contributed by atoms with Gasteiger partial charge in [-0.2, -0.15) is 5.10 Å². The molecule has 1 aromatic carbocycles. The summed E-state index contributed by atoms with van der Waals surface area (Å²) in [6.45, 7) is 8.15. The highest BCUT2D eigenvalue weighted by atomic mass is 79.9. The van der Waals surface area contributed by atoms with Crippen molar-refractivity contribution >= 4 is 15.9 Å². The van der Waals surface area contributed by atoms with Crippen molar-refractivity contribution in [2.75, 3.05) is 6.61 Å². The molecule has 5 heteroatoms. The molecule has 0 atom stereocenters. The minimum atomic E-state index is 0.495. The summed E-state index contributed by atoms with van der Waals surface area (Å²) in [5.74, 6) is 1.69. The summed E-state index contributed by atoms with van der Waals surface area (Å²) in [5.41, 5.74) is 2.14. The molecule has 2 rings (SSSR count). The van der Waals surface area contributed by atoms with Crippen LogP contribution in [-0.4, -0.2) is 16.4 Å². The number of hydrogen-bond acceptors (Lipinski definition) is 3. The topological polar surface area (TPSA) is 36.3 Å². The molecule has 0 aliphatic heterocycles. The zero-order valence-corrected chi connectivity index (χ0v) is 14.3. The lowest BCUT2D eigenvalue weighted by atomic mass is 10.3. The van der Waals surface area contributed by atoms with Crippen LogP contribution in [0.4, 0.5) is 0 Å². The van der Waals surface area contributed by atoms with Gasteiger partial charge in [0, 0.05) is 6.54 Å². The molecule has 21 heavy (non-hydrogen) atoms. The molecule has 0 fully saturated rings. The van der Waals surface area contributed by atoms with Gasteiger partial charge >= 0.3 is 0 Å². The van der Waals surface area contributed by atoms with Crippen LogP contribution in [0.25, 0.3) is 0 Å². The van der Waals surface area contributed by atoms with Crippen molar-refractivity contribution in [3.8, 4) is 11.5 Å². The molecule has 0 unspecified atom stereocenters. The summed E-state index contributed by atoms with van der Waals surface area (Å²) < 4.78 is 14.3. The predicted molar refractivity (Wildman–Crippen MR) is 86.9 cm³/mol. The van der Waals surface area contributed by atoms with Crippen molar-refractivity contribution in [1.82, 2.24) is 9.78 Å². The highest BCUT2D eigenvalue weighted by Gasteiger charge is 2.14. The Morgan fingerprint density at radius 2 is 1.67 bits per heavy atom. The van der Waals surface area contributed by atoms with Crippen molar-refractivity contribution in [2.45, 2.75) is 40.3 Å². The summed E-state index contributed by atoms with van der Waals surface area (Å²) in [5, 5.41) is 4.57. The van der Waals surface area contributed by atoms with Gasteiger partial charge in [-0.1, -0.05) is 6.92 Å². The number of halogens is 1. The Morgan fingerprint density at radius 3 is 2.19 bits per heavy atom. The van der Waals surface area contributed by atoms with Gasteiger partial charge in [0.15, 0.2) is 0 Å². The van der Waals surface area contributed by atoms with Crippen molar-refractivity contribution in [3.05, 3.63) is 40.1 Å². The average molecular weight is 353 g/mol. The number of aryl methyl sites for hydroxylation is 2. The van der Waals surface area contributed by atoms with Gasteiger partial charge in [0.1, 0.15) is 18.1 Å². The van der Waals surface area contributed by atoms with E-state index in [9.17, 15) is 0 Å². The minimum absolute atomic E-state index is 0.495. The van der Waals surface area contributed by atoms with E-state index >= 15 is 0 Å². The number of hydrogen-bond donors (Lipinski definition) is 0. The molecule has 2 aromatic rings. The first kappa shape index (κ1) is 15.9. The quantitative estimate of drug-likeness (QED) is 0.748. The maximum absolute atomic E-state index is 5.86. The molecule has 0 spiro atoms. The lowest BCUT2D eigenvalue weighted by molar-refractivity contribution is 0.290. The SMILES string of the molecule is CCOc1ccc(OCc2c(Br)c(CC)nn2CC)cc1. The first-order chi connectivity index (χ1) is 10.2. The third kappa shape index (κ3) is 3.79. The maximum atomic E-state index is 5.86. The number of nitrogens with zero attached hydrogens (tertiary/aromatic N) is 2. The highest BCUT2D eigenvalue weighted by Crippen LogP contribution is 2.24. The third-order valence-electron chi connectivity index (χ3n) is 3.20. The minimum Gasteiger partial charge on any atom is -0.494 e. The molecule has 0 radical (unpaired) electrons. The van der Waals surface area contributed by atoms with Crippen LogP contribution in [0.1, 0.15) is 32.2 Å². The Morgan fingerprint density at radius 1 is 1.05 bits per heavy atom. The molecule has 0 saturated carbocycles. The van der Waals surface area contributed by atoms with E-state index in [1.165, 1.54) is 0 Å². The van der Waals surface area contributed by atoms with Crippen LogP contribution in [0.5, 0.6) is 11.5 Å². The molecule has 0 amide bonds. The van der Waals surface area contributed by atoms with E-state index in [1.807, 2.05) is 35.9 Å². The van der Waals surface area contributed by atoms with Gasteiger partial charge < -0.3 is 9.47 Å². The van der Waals surface area contributed by atoms with Crippen LogP contribution < -0.4 is 9.47 Å². The molecule has 1 heterocycles. The first-order valence-electron chi connectivity index (χ1n) is 7.29. The fraction of sp³-hybridized carbons (Fsp3) is 0.438. The number of aromatic nitrogens is 2. The fourth-order valence-electron chi connectivity index (χ4n) is 2.11. The van der Waals surface area contributed by atoms with Crippen LogP contribution in [0.15, 0.2) is 28.7 Å². The third-order valence-corrected chi connectivity index (χ3v) is 4.12. The standard InChI is InChI=1S/C16H21BrN2O2/c1-4-14-16(17)15(19(5-2)18-14)11-21-13-9-7-12(8-10-13)20-6-3/h7-10H,4-6,11H2,1-3H3. The second-order valence-corrected chi connectivity index (χ2v) is 5.36. The van der Waals surface area contributed by atoms with E-state index in [4.69, 9.17) is 9.47 Å². The predicted octanol–water partition coefficient (Wildman–Crippen LogP) is 4.21. The van der Waals surface area contributed by atoms with E-state index in [0.29, 0.717) is 13.2 Å².